The zero-order valence-electron chi connectivity index (χ0n) is 12.1. The zero-order valence-corrected chi connectivity index (χ0v) is 12.1. The summed E-state index contributed by atoms with van der Waals surface area (Å²) in [6.07, 6.45) is 14.4. The van der Waals surface area contributed by atoms with Crippen molar-refractivity contribution in [3.8, 4) is 0 Å². The topological polar surface area (TPSA) is 84.3 Å². The molecule has 0 bridgehead atoms. The summed E-state index contributed by atoms with van der Waals surface area (Å²) in [5.41, 5.74) is 16.9. The average molecular weight is 271 g/mol. The van der Waals surface area contributed by atoms with E-state index in [1.54, 1.807) is 0 Å². The highest BCUT2D eigenvalue weighted by Crippen LogP contribution is 2.10. The maximum atomic E-state index is 6.46. The molecule has 0 amide bonds. The van der Waals surface area contributed by atoms with Gasteiger partial charge < -0.3 is 0 Å². The number of hydrazine groups is 3. The molecule has 19 heavy (non-hydrogen) atoms. The lowest BCUT2D eigenvalue weighted by molar-refractivity contribution is 0.360. The highest BCUT2D eigenvalue weighted by molar-refractivity contribution is 4.49. The van der Waals surface area contributed by atoms with Gasteiger partial charge in [-0.1, -0.05) is 76.4 Å². The molecule has 0 aliphatic heterocycles. The van der Waals surface area contributed by atoms with Crippen molar-refractivity contribution >= 4 is 0 Å². The SMILES string of the molecule is [CH2]CCCCCCCCCCCCNNNNN=N. The average Bonchev–Trinajstić information content (AvgIpc) is 2.43. The van der Waals surface area contributed by atoms with E-state index >= 15 is 0 Å². The van der Waals surface area contributed by atoms with Gasteiger partial charge in [0, 0.05) is 6.54 Å². The normalized spacial score (nSPS) is 10.6. The fraction of sp³-hybridized carbons (Fsp3) is 0.923. The molecule has 6 nitrogen and oxygen atoms in total. The predicted molar refractivity (Wildman–Crippen MR) is 78.7 cm³/mol. The van der Waals surface area contributed by atoms with Gasteiger partial charge in [0.15, 0.2) is 0 Å². The zero-order chi connectivity index (χ0) is 14.0. The van der Waals surface area contributed by atoms with Gasteiger partial charge in [0.05, 0.1) is 0 Å². The summed E-state index contributed by atoms with van der Waals surface area (Å²) >= 11 is 0. The van der Waals surface area contributed by atoms with Crippen molar-refractivity contribution in [2.45, 2.75) is 70.6 Å². The monoisotopic (exact) mass is 271 g/mol. The Labute approximate surface area is 117 Å². The third-order valence-corrected chi connectivity index (χ3v) is 3.06. The molecule has 0 saturated heterocycles. The first-order valence-corrected chi connectivity index (χ1v) is 7.55. The van der Waals surface area contributed by atoms with Gasteiger partial charge in [0.2, 0.25) is 0 Å². The van der Waals surface area contributed by atoms with Crippen molar-refractivity contribution in [1.29, 1.82) is 5.53 Å². The quantitative estimate of drug-likeness (QED) is 0.170. The Bertz CT molecular complexity index is 177. The van der Waals surface area contributed by atoms with E-state index in [0.717, 1.165) is 19.4 Å². The van der Waals surface area contributed by atoms with Gasteiger partial charge in [0.25, 0.3) is 0 Å². The van der Waals surface area contributed by atoms with Crippen LogP contribution in [0.25, 0.3) is 0 Å². The van der Waals surface area contributed by atoms with Gasteiger partial charge in [-0.2, -0.15) is 11.1 Å². The maximum Gasteiger partial charge on any atom is 0.0114 e. The Balaban J connectivity index is 2.89. The smallest absolute Gasteiger partial charge is 0.0114 e. The third kappa shape index (κ3) is 17.3. The van der Waals surface area contributed by atoms with Crippen LogP contribution in [0.2, 0.25) is 0 Å². The molecule has 0 fully saturated rings. The van der Waals surface area contributed by atoms with Gasteiger partial charge in [0.1, 0.15) is 0 Å². The molecular weight excluding hydrogens is 240 g/mol. The number of nitrogens with one attached hydrogen (secondary N) is 5. The first-order chi connectivity index (χ1) is 9.41. The van der Waals surface area contributed by atoms with E-state index in [0.29, 0.717) is 0 Å². The minimum Gasteiger partial charge on any atom is -0.243 e. The molecule has 1 radical (unpaired) electrons. The summed E-state index contributed by atoms with van der Waals surface area (Å²) in [7, 11) is 0. The lowest BCUT2D eigenvalue weighted by Crippen LogP contribution is -2.48. The van der Waals surface area contributed by atoms with Crippen LogP contribution in [0.5, 0.6) is 0 Å². The van der Waals surface area contributed by atoms with Crippen LogP contribution < -0.4 is 22.0 Å². The lowest BCUT2D eigenvalue weighted by Gasteiger charge is -2.06. The summed E-state index contributed by atoms with van der Waals surface area (Å²) < 4.78 is 0. The van der Waals surface area contributed by atoms with Gasteiger partial charge >= 0.3 is 0 Å². The largest absolute Gasteiger partial charge is 0.243 e. The fourth-order valence-electron chi connectivity index (χ4n) is 1.97. The van der Waals surface area contributed by atoms with Crippen LogP contribution in [0, 0.1) is 12.5 Å². The minimum absolute atomic E-state index is 0.914. The second kappa shape index (κ2) is 17.3. The van der Waals surface area contributed by atoms with Crippen molar-refractivity contribution in [3.63, 3.8) is 0 Å². The Morgan fingerprint density at radius 3 is 1.79 bits per heavy atom. The predicted octanol–water partition coefficient (Wildman–Crippen LogP) is 3.16. The van der Waals surface area contributed by atoms with E-state index in [2.05, 4.69) is 34.2 Å². The standard InChI is InChI=1S/C13H31N6/c1-2-3-4-5-6-7-8-9-10-11-12-13-15-17-19-18-16-14/h1-13H2,(H3,14,17,18)(H2,15,16,19). The van der Waals surface area contributed by atoms with Crippen LogP contribution in [0.15, 0.2) is 5.22 Å². The highest BCUT2D eigenvalue weighted by Gasteiger charge is 1.92. The van der Waals surface area contributed by atoms with Crippen LogP contribution >= 0.6 is 0 Å². The molecule has 0 rings (SSSR count). The molecule has 113 valence electrons. The Morgan fingerprint density at radius 1 is 0.737 bits per heavy atom. The first kappa shape index (κ1) is 18.3. The molecule has 0 spiro atoms. The van der Waals surface area contributed by atoms with Crippen LogP contribution in [0.1, 0.15) is 70.6 Å². The van der Waals surface area contributed by atoms with E-state index in [-0.39, 0.29) is 0 Å². The van der Waals surface area contributed by atoms with E-state index < -0.39 is 0 Å². The molecule has 0 aromatic carbocycles. The van der Waals surface area contributed by atoms with Crippen molar-refractivity contribution < 1.29 is 0 Å². The van der Waals surface area contributed by atoms with E-state index in [9.17, 15) is 0 Å². The molecule has 0 aliphatic rings. The van der Waals surface area contributed by atoms with Crippen molar-refractivity contribution in [1.82, 2.24) is 22.0 Å². The summed E-state index contributed by atoms with van der Waals surface area (Å²) in [6, 6.07) is 0. The van der Waals surface area contributed by atoms with Gasteiger partial charge in [-0.3, -0.25) is 0 Å². The lowest BCUT2D eigenvalue weighted by atomic mass is 10.1. The second-order valence-electron chi connectivity index (χ2n) is 4.79. The first-order valence-electron chi connectivity index (χ1n) is 7.55. The molecular formula is C13H31N6. The highest BCUT2D eigenvalue weighted by atomic mass is 15.8. The molecule has 0 saturated carbocycles. The minimum atomic E-state index is 0.914. The summed E-state index contributed by atoms with van der Waals surface area (Å²) in [5.74, 6) is 0. The summed E-state index contributed by atoms with van der Waals surface area (Å²) in [4.78, 5) is 0. The second-order valence-corrected chi connectivity index (χ2v) is 4.79. The van der Waals surface area contributed by atoms with Crippen molar-refractivity contribution in [2.24, 2.45) is 5.22 Å². The molecule has 0 atom stereocenters. The Morgan fingerprint density at radius 2 is 1.26 bits per heavy atom. The van der Waals surface area contributed by atoms with Crippen LogP contribution in [0.3, 0.4) is 0 Å². The molecule has 0 aromatic rings. The van der Waals surface area contributed by atoms with E-state index in [1.807, 2.05) is 0 Å². The van der Waals surface area contributed by atoms with E-state index in [1.165, 1.54) is 57.8 Å². The Hall–Kier alpha value is -0.720. The number of rotatable bonds is 16. The van der Waals surface area contributed by atoms with Gasteiger partial charge in [-0.15, -0.1) is 5.53 Å². The molecule has 6 heteroatoms. The molecule has 5 N–H and O–H groups in total. The third-order valence-electron chi connectivity index (χ3n) is 3.06. The van der Waals surface area contributed by atoms with Crippen molar-refractivity contribution in [3.05, 3.63) is 6.92 Å². The van der Waals surface area contributed by atoms with Gasteiger partial charge in [-0.05, 0) is 6.42 Å². The molecule has 0 unspecified atom stereocenters. The van der Waals surface area contributed by atoms with Crippen LogP contribution in [-0.2, 0) is 0 Å². The van der Waals surface area contributed by atoms with E-state index in [4.69, 9.17) is 5.53 Å². The number of hydrogen-bond donors (Lipinski definition) is 5. The summed E-state index contributed by atoms with van der Waals surface area (Å²) in [5, 5.41) is 2.92. The molecule has 0 aromatic heterocycles. The number of nitrogens with zero attached hydrogens (tertiary/aromatic N) is 1. The van der Waals surface area contributed by atoms with Crippen molar-refractivity contribution in [2.75, 3.05) is 6.54 Å². The number of unbranched alkanes of at least 4 members (excludes halogenated alkanes) is 10. The van der Waals surface area contributed by atoms with Gasteiger partial charge in [-0.25, -0.2) is 11.0 Å². The summed E-state index contributed by atoms with van der Waals surface area (Å²) in [6.45, 7) is 4.77. The van der Waals surface area contributed by atoms with Crippen LogP contribution in [0.4, 0.5) is 0 Å². The maximum absolute atomic E-state index is 6.46. The number of hydrogen-bond acceptors (Lipinski definition) is 5. The molecule has 0 aliphatic carbocycles. The fourth-order valence-corrected chi connectivity index (χ4v) is 1.97. The molecule has 0 heterocycles. The Kier molecular flexibility index (Phi) is 16.6. The van der Waals surface area contributed by atoms with Crippen LogP contribution in [-0.4, -0.2) is 6.54 Å².